The molecule has 2 rings (SSSR count). The molecule has 2 aromatic rings. The van der Waals surface area contributed by atoms with E-state index in [-0.39, 0.29) is 5.82 Å². The Morgan fingerprint density at radius 2 is 1.81 bits per heavy atom. The number of aromatic nitrogens is 1. The average molecular weight is 291 g/mol. The summed E-state index contributed by atoms with van der Waals surface area (Å²) in [7, 11) is 0. The highest BCUT2D eigenvalue weighted by Crippen LogP contribution is 2.28. The molecule has 1 unspecified atom stereocenters. The third-order valence-corrected chi connectivity index (χ3v) is 3.32. The molecule has 1 heterocycles. The number of amides is 1. The van der Waals surface area contributed by atoms with Crippen LogP contribution < -0.4 is 11.1 Å². The van der Waals surface area contributed by atoms with Crippen molar-refractivity contribution in [2.75, 3.05) is 5.32 Å². The smallest absolute Gasteiger partial charge is 0.249 e. The van der Waals surface area contributed by atoms with Crippen LogP contribution in [0.3, 0.4) is 0 Å². The molecule has 3 N–H and O–H groups in total. The Bertz CT molecular complexity index is 628. The summed E-state index contributed by atoms with van der Waals surface area (Å²) < 4.78 is 26.0. The molecule has 0 aliphatic carbocycles. The first kappa shape index (κ1) is 14.9. The molecule has 1 atom stereocenters. The monoisotopic (exact) mass is 291 g/mol. The molecular formula is C15H15F2N3O. The third kappa shape index (κ3) is 2.99. The van der Waals surface area contributed by atoms with E-state index in [1.54, 1.807) is 6.92 Å². The number of nitrogens with two attached hydrogens (primary N) is 1. The lowest BCUT2D eigenvalue weighted by atomic mass is 9.90. The second-order valence-electron chi connectivity index (χ2n) is 4.62. The molecule has 110 valence electrons. The summed E-state index contributed by atoms with van der Waals surface area (Å²) in [6, 6.07) is 8.13. The van der Waals surface area contributed by atoms with Gasteiger partial charge in [-0.05, 0) is 42.8 Å². The van der Waals surface area contributed by atoms with Crippen molar-refractivity contribution in [2.45, 2.75) is 18.9 Å². The molecule has 0 bridgehead atoms. The van der Waals surface area contributed by atoms with Gasteiger partial charge in [0.25, 0.3) is 0 Å². The van der Waals surface area contributed by atoms with Crippen LogP contribution in [0.5, 0.6) is 0 Å². The van der Waals surface area contributed by atoms with E-state index in [1.807, 2.05) is 0 Å². The van der Waals surface area contributed by atoms with Crippen LogP contribution >= 0.6 is 0 Å². The number of carbonyl (C=O) groups excluding carboxylic acids is 1. The normalized spacial score (nSPS) is 13.5. The van der Waals surface area contributed by atoms with E-state index in [9.17, 15) is 13.6 Å². The number of hydrogen-bond donors (Lipinski definition) is 2. The Hall–Kier alpha value is -2.50. The minimum Gasteiger partial charge on any atom is -0.367 e. The summed E-state index contributed by atoms with van der Waals surface area (Å²) in [4.78, 5) is 15.9. The fraction of sp³-hybridized carbons (Fsp3) is 0.200. The zero-order valence-corrected chi connectivity index (χ0v) is 11.4. The molecule has 0 radical (unpaired) electrons. The van der Waals surface area contributed by atoms with Gasteiger partial charge in [-0.1, -0.05) is 6.92 Å². The number of carbonyl (C=O) groups is 1. The topological polar surface area (TPSA) is 68.0 Å². The molecule has 4 nitrogen and oxygen atoms in total. The second-order valence-corrected chi connectivity index (χ2v) is 4.62. The van der Waals surface area contributed by atoms with Crippen molar-refractivity contribution in [3.63, 3.8) is 0 Å². The number of benzene rings is 1. The lowest BCUT2D eigenvalue weighted by Crippen LogP contribution is -2.48. The van der Waals surface area contributed by atoms with E-state index < -0.39 is 17.3 Å². The van der Waals surface area contributed by atoms with Crippen molar-refractivity contribution in [1.82, 2.24) is 4.98 Å². The molecule has 6 heteroatoms. The van der Waals surface area contributed by atoms with Crippen LogP contribution in [0.2, 0.25) is 0 Å². The van der Waals surface area contributed by atoms with Gasteiger partial charge in [-0.2, -0.15) is 0 Å². The minimum absolute atomic E-state index is 0.304. The maximum absolute atomic E-state index is 13.0. The summed E-state index contributed by atoms with van der Waals surface area (Å²) in [6.45, 7) is 1.76. The number of nitrogens with zero attached hydrogens (tertiary/aromatic N) is 1. The fourth-order valence-electron chi connectivity index (χ4n) is 2.10. The molecule has 0 fully saturated rings. The van der Waals surface area contributed by atoms with Gasteiger partial charge >= 0.3 is 0 Å². The number of nitrogens with one attached hydrogen (secondary N) is 1. The van der Waals surface area contributed by atoms with E-state index in [0.717, 1.165) is 6.20 Å². The Morgan fingerprint density at radius 1 is 1.19 bits per heavy atom. The highest BCUT2D eigenvalue weighted by atomic mass is 19.1. The SMILES string of the molecule is CCC(Nc1ccc(F)cc1)(C(N)=O)c1ccc(F)cn1. The van der Waals surface area contributed by atoms with Crippen LogP contribution in [0.4, 0.5) is 14.5 Å². The molecule has 0 saturated carbocycles. The van der Waals surface area contributed by atoms with Gasteiger partial charge < -0.3 is 11.1 Å². The molecule has 1 amide bonds. The summed E-state index contributed by atoms with van der Waals surface area (Å²) in [6.07, 6.45) is 1.33. The zero-order chi connectivity index (χ0) is 15.5. The van der Waals surface area contributed by atoms with Gasteiger partial charge in [0.15, 0.2) is 5.54 Å². The van der Waals surface area contributed by atoms with E-state index in [2.05, 4.69) is 10.3 Å². The summed E-state index contributed by atoms with van der Waals surface area (Å²) in [5.41, 5.74) is 5.06. The molecule has 0 aliphatic rings. The van der Waals surface area contributed by atoms with Crippen molar-refractivity contribution in [2.24, 2.45) is 5.73 Å². The average Bonchev–Trinajstić information content (AvgIpc) is 2.47. The predicted molar refractivity (Wildman–Crippen MR) is 75.4 cm³/mol. The van der Waals surface area contributed by atoms with Gasteiger partial charge in [-0.25, -0.2) is 8.78 Å². The quantitative estimate of drug-likeness (QED) is 0.889. The van der Waals surface area contributed by atoms with Crippen molar-refractivity contribution in [3.05, 3.63) is 59.9 Å². The second kappa shape index (κ2) is 5.87. The highest BCUT2D eigenvalue weighted by molar-refractivity contribution is 5.88. The molecule has 1 aromatic heterocycles. The maximum Gasteiger partial charge on any atom is 0.249 e. The molecule has 1 aromatic carbocycles. The number of halogens is 2. The first-order valence-electron chi connectivity index (χ1n) is 6.43. The van der Waals surface area contributed by atoms with Crippen molar-refractivity contribution >= 4 is 11.6 Å². The third-order valence-electron chi connectivity index (χ3n) is 3.32. The van der Waals surface area contributed by atoms with Gasteiger partial charge in [0, 0.05) is 5.69 Å². The Morgan fingerprint density at radius 3 is 2.29 bits per heavy atom. The van der Waals surface area contributed by atoms with Crippen molar-refractivity contribution in [3.8, 4) is 0 Å². The fourth-order valence-corrected chi connectivity index (χ4v) is 2.10. The molecule has 0 saturated heterocycles. The predicted octanol–water partition coefficient (Wildman–Crippen LogP) is 2.56. The summed E-state index contributed by atoms with van der Waals surface area (Å²) in [5.74, 6) is -1.54. The van der Waals surface area contributed by atoms with Crippen LogP contribution in [-0.2, 0) is 10.3 Å². The number of anilines is 1. The minimum atomic E-state index is -1.29. The highest BCUT2D eigenvalue weighted by Gasteiger charge is 2.38. The summed E-state index contributed by atoms with van der Waals surface area (Å²) in [5, 5.41) is 2.98. The van der Waals surface area contributed by atoms with Crippen LogP contribution in [0.25, 0.3) is 0 Å². The number of pyridine rings is 1. The maximum atomic E-state index is 13.0. The van der Waals surface area contributed by atoms with Crippen LogP contribution in [0.1, 0.15) is 19.0 Å². The lowest BCUT2D eigenvalue weighted by molar-refractivity contribution is -0.122. The number of rotatable bonds is 5. The molecular weight excluding hydrogens is 276 g/mol. The largest absolute Gasteiger partial charge is 0.367 e. The van der Waals surface area contributed by atoms with Crippen LogP contribution in [0, 0.1) is 11.6 Å². The molecule has 0 aliphatic heterocycles. The van der Waals surface area contributed by atoms with Crippen LogP contribution in [0.15, 0.2) is 42.6 Å². The number of hydrogen-bond acceptors (Lipinski definition) is 3. The van der Waals surface area contributed by atoms with Crippen molar-refractivity contribution in [1.29, 1.82) is 0 Å². The van der Waals surface area contributed by atoms with Gasteiger partial charge in [0.2, 0.25) is 5.91 Å². The summed E-state index contributed by atoms with van der Waals surface area (Å²) >= 11 is 0. The Kier molecular flexibility index (Phi) is 4.16. The first-order valence-corrected chi connectivity index (χ1v) is 6.43. The Labute approximate surface area is 121 Å². The first-order chi connectivity index (χ1) is 9.98. The molecule has 0 spiro atoms. The standard InChI is InChI=1S/C15H15F2N3O/c1-2-15(14(18)21,13-8-5-11(17)9-19-13)20-12-6-3-10(16)4-7-12/h3-9,20H,2H2,1H3,(H2,18,21). The molecule has 21 heavy (non-hydrogen) atoms. The van der Waals surface area contributed by atoms with E-state index in [4.69, 9.17) is 5.73 Å². The van der Waals surface area contributed by atoms with Gasteiger partial charge in [-0.3, -0.25) is 9.78 Å². The Balaban J connectivity index is 2.44. The lowest BCUT2D eigenvalue weighted by Gasteiger charge is -2.31. The van der Waals surface area contributed by atoms with Crippen LogP contribution in [-0.4, -0.2) is 10.9 Å². The van der Waals surface area contributed by atoms with E-state index in [0.29, 0.717) is 17.8 Å². The van der Waals surface area contributed by atoms with Crippen molar-refractivity contribution < 1.29 is 13.6 Å². The number of primary amides is 1. The van der Waals surface area contributed by atoms with Gasteiger partial charge in [-0.15, -0.1) is 0 Å². The zero-order valence-electron chi connectivity index (χ0n) is 11.4. The van der Waals surface area contributed by atoms with Gasteiger partial charge in [0.05, 0.1) is 11.9 Å². The van der Waals surface area contributed by atoms with E-state index in [1.165, 1.54) is 36.4 Å². The van der Waals surface area contributed by atoms with E-state index >= 15 is 0 Å². The van der Waals surface area contributed by atoms with Gasteiger partial charge in [0.1, 0.15) is 11.6 Å².